The molecule has 0 heterocycles. The summed E-state index contributed by atoms with van der Waals surface area (Å²) >= 11 is 0. The second-order valence-corrected chi connectivity index (χ2v) is 4.68. The molecule has 0 spiro atoms. The highest BCUT2D eigenvalue weighted by atomic mass is 19.1. The zero-order valence-electron chi connectivity index (χ0n) is 10.9. The van der Waals surface area contributed by atoms with Gasteiger partial charge in [0.2, 0.25) is 0 Å². The Bertz CT molecular complexity index is 507. The summed E-state index contributed by atoms with van der Waals surface area (Å²) in [5, 5.41) is 13.2. The molecule has 100 valence electrons. The lowest BCUT2D eigenvalue weighted by Crippen LogP contribution is -2.21. The number of aryl methyl sites for hydroxylation is 1. The molecule has 0 saturated carbocycles. The molecule has 2 nitrogen and oxygen atoms in total. The lowest BCUT2D eigenvalue weighted by Gasteiger charge is -2.12. The molecule has 0 bridgehead atoms. The summed E-state index contributed by atoms with van der Waals surface area (Å²) in [6.07, 6.45) is -0.527. The number of rotatable bonds is 5. The van der Waals surface area contributed by atoms with Crippen molar-refractivity contribution < 1.29 is 9.50 Å². The number of hydrogen-bond donors (Lipinski definition) is 2. The van der Waals surface area contributed by atoms with Crippen LogP contribution in [0.4, 0.5) is 4.39 Å². The first-order valence-corrected chi connectivity index (χ1v) is 6.35. The second kappa shape index (κ2) is 6.45. The van der Waals surface area contributed by atoms with Gasteiger partial charge in [-0.05, 0) is 30.2 Å². The van der Waals surface area contributed by atoms with Gasteiger partial charge in [0, 0.05) is 13.1 Å². The van der Waals surface area contributed by atoms with E-state index in [4.69, 9.17) is 0 Å². The zero-order valence-corrected chi connectivity index (χ0v) is 10.9. The third-order valence-electron chi connectivity index (χ3n) is 3.04. The monoisotopic (exact) mass is 259 g/mol. The molecule has 2 aromatic rings. The number of benzene rings is 2. The maximum absolute atomic E-state index is 12.7. The van der Waals surface area contributed by atoms with E-state index in [0.717, 1.165) is 11.1 Å². The van der Waals surface area contributed by atoms with Crippen molar-refractivity contribution in [3.63, 3.8) is 0 Å². The van der Waals surface area contributed by atoms with Crippen LogP contribution in [0.15, 0.2) is 48.5 Å². The van der Waals surface area contributed by atoms with Gasteiger partial charge in [0.05, 0.1) is 6.10 Å². The highest BCUT2D eigenvalue weighted by molar-refractivity contribution is 5.23. The Balaban J connectivity index is 1.82. The maximum Gasteiger partial charge on any atom is 0.123 e. The van der Waals surface area contributed by atoms with Crippen LogP contribution in [0.5, 0.6) is 0 Å². The van der Waals surface area contributed by atoms with Gasteiger partial charge in [0.1, 0.15) is 5.82 Å². The molecule has 1 atom stereocenters. The molecule has 0 saturated heterocycles. The predicted molar refractivity (Wildman–Crippen MR) is 74.2 cm³/mol. The van der Waals surface area contributed by atoms with Crippen molar-refractivity contribution in [1.82, 2.24) is 5.32 Å². The molecule has 3 heteroatoms. The fourth-order valence-electron chi connectivity index (χ4n) is 1.86. The topological polar surface area (TPSA) is 32.3 Å². The van der Waals surface area contributed by atoms with Gasteiger partial charge >= 0.3 is 0 Å². The number of nitrogens with one attached hydrogen (secondary N) is 1. The predicted octanol–water partition coefficient (Wildman–Crippen LogP) is 2.96. The Hall–Kier alpha value is -1.71. The van der Waals surface area contributed by atoms with E-state index in [0.29, 0.717) is 13.1 Å². The van der Waals surface area contributed by atoms with E-state index in [-0.39, 0.29) is 5.82 Å². The summed E-state index contributed by atoms with van der Waals surface area (Å²) in [5.41, 5.74) is 3.07. The van der Waals surface area contributed by atoms with Gasteiger partial charge in [0.15, 0.2) is 0 Å². The molecule has 2 rings (SSSR count). The van der Waals surface area contributed by atoms with Gasteiger partial charge in [0.25, 0.3) is 0 Å². The van der Waals surface area contributed by atoms with Crippen LogP contribution in [0, 0.1) is 12.7 Å². The first-order chi connectivity index (χ1) is 9.15. The van der Waals surface area contributed by atoms with Crippen LogP contribution in [0.3, 0.4) is 0 Å². The average molecular weight is 259 g/mol. The fraction of sp³-hybridized carbons (Fsp3) is 0.250. The van der Waals surface area contributed by atoms with Crippen LogP contribution in [-0.2, 0) is 6.54 Å². The molecule has 0 aliphatic heterocycles. The van der Waals surface area contributed by atoms with Gasteiger partial charge < -0.3 is 10.4 Å². The highest BCUT2D eigenvalue weighted by Crippen LogP contribution is 2.12. The minimum Gasteiger partial charge on any atom is -0.387 e. The van der Waals surface area contributed by atoms with E-state index in [1.807, 2.05) is 31.2 Å². The van der Waals surface area contributed by atoms with Crippen LogP contribution >= 0.6 is 0 Å². The number of hydrogen-bond acceptors (Lipinski definition) is 2. The van der Waals surface area contributed by atoms with Crippen molar-refractivity contribution >= 4 is 0 Å². The maximum atomic E-state index is 12.7. The lowest BCUT2D eigenvalue weighted by atomic mass is 10.1. The minimum atomic E-state index is -0.527. The van der Waals surface area contributed by atoms with Crippen molar-refractivity contribution in [2.45, 2.75) is 19.6 Å². The second-order valence-electron chi connectivity index (χ2n) is 4.68. The molecule has 0 amide bonds. The average Bonchev–Trinajstić information content (AvgIpc) is 2.41. The zero-order chi connectivity index (χ0) is 13.7. The summed E-state index contributed by atoms with van der Waals surface area (Å²) in [6, 6.07) is 14.2. The van der Waals surface area contributed by atoms with E-state index in [1.54, 1.807) is 12.1 Å². The first-order valence-electron chi connectivity index (χ1n) is 6.35. The van der Waals surface area contributed by atoms with Crippen molar-refractivity contribution in [3.05, 3.63) is 71.0 Å². The largest absolute Gasteiger partial charge is 0.387 e. The summed E-state index contributed by atoms with van der Waals surface area (Å²) in [5.74, 6) is -0.233. The molecule has 2 N–H and O–H groups in total. The SMILES string of the molecule is Cc1ccc(C(O)CNCc2ccc(F)cc2)cc1. The summed E-state index contributed by atoms with van der Waals surface area (Å²) in [6.45, 7) is 3.10. The van der Waals surface area contributed by atoms with Gasteiger partial charge in [-0.1, -0.05) is 42.0 Å². The molecule has 0 fully saturated rings. The molecule has 19 heavy (non-hydrogen) atoms. The molecule has 0 aromatic heterocycles. The van der Waals surface area contributed by atoms with E-state index >= 15 is 0 Å². The Kier molecular flexibility index (Phi) is 4.66. The lowest BCUT2D eigenvalue weighted by molar-refractivity contribution is 0.174. The Morgan fingerprint density at radius 3 is 2.32 bits per heavy atom. The van der Waals surface area contributed by atoms with E-state index in [2.05, 4.69) is 5.32 Å². The van der Waals surface area contributed by atoms with E-state index < -0.39 is 6.10 Å². The van der Waals surface area contributed by atoms with E-state index in [9.17, 15) is 9.50 Å². The normalized spacial score (nSPS) is 12.4. The molecule has 0 aliphatic rings. The van der Waals surface area contributed by atoms with Crippen molar-refractivity contribution in [1.29, 1.82) is 0 Å². The van der Waals surface area contributed by atoms with Gasteiger partial charge in [-0.3, -0.25) is 0 Å². The van der Waals surface area contributed by atoms with Crippen LogP contribution < -0.4 is 5.32 Å². The summed E-state index contributed by atoms with van der Waals surface area (Å²) in [7, 11) is 0. The summed E-state index contributed by atoms with van der Waals surface area (Å²) in [4.78, 5) is 0. The highest BCUT2D eigenvalue weighted by Gasteiger charge is 2.06. The number of aliphatic hydroxyl groups excluding tert-OH is 1. The molecule has 1 unspecified atom stereocenters. The minimum absolute atomic E-state index is 0.233. The first kappa shape index (κ1) is 13.7. The van der Waals surface area contributed by atoms with Crippen LogP contribution in [0.1, 0.15) is 22.8 Å². The van der Waals surface area contributed by atoms with Gasteiger partial charge in [-0.2, -0.15) is 0 Å². The van der Waals surface area contributed by atoms with E-state index in [1.165, 1.54) is 17.7 Å². The molecular formula is C16H18FNO. The van der Waals surface area contributed by atoms with Gasteiger partial charge in [-0.15, -0.1) is 0 Å². The van der Waals surface area contributed by atoms with Crippen molar-refractivity contribution in [3.8, 4) is 0 Å². The standard InChI is InChI=1S/C16H18FNO/c1-12-2-6-14(7-3-12)16(19)11-18-10-13-4-8-15(17)9-5-13/h2-9,16,18-19H,10-11H2,1H3. The Labute approximate surface area is 112 Å². The fourth-order valence-corrected chi connectivity index (χ4v) is 1.86. The number of aliphatic hydroxyl groups is 1. The van der Waals surface area contributed by atoms with Crippen LogP contribution in [0.2, 0.25) is 0 Å². The Morgan fingerprint density at radius 2 is 1.68 bits per heavy atom. The molecular weight excluding hydrogens is 241 g/mol. The van der Waals surface area contributed by atoms with Crippen molar-refractivity contribution in [2.75, 3.05) is 6.54 Å². The van der Waals surface area contributed by atoms with Crippen LogP contribution in [0.25, 0.3) is 0 Å². The third-order valence-corrected chi connectivity index (χ3v) is 3.04. The number of halogens is 1. The smallest absolute Gasteiger partial charge is 0.123 e. The molecule has 0 aliphatic carbocycles. The third kappa shape index (κ3) is 4.16. The quantitative estimate of drug-likeness (QED) is 0.865. The van der Waals surface area contributed by atoms with Gasteiger partial charge in [-0.25, -0.2) is 4.39 Å². The van der Waals surface area contributed by atoms with Crippen LogP contribution in [-0.4, -0.2) is 11.7 Å². The molecule has 0 radical (unpaired) electrons. The Morgan fingerprint density at radius 1 is 1.05 bits per heavy atom. The summed E-state index contributed by atoms with van der Waals surface area (Å²) < 4.78 is 12.7. The van der Waals surface area contributed by atoms with Crippen molar-refractivity contribution in [2.24, 2.45) is 0 Å². The molecule has 2 aromatic carbocycles.